The van der Waals surface area contributed by atoms with Gasteiger partial charge in [-0.2, -0.15) is 0 Å². The Morgan fingerprint density at radius 3 is 3.00 bits per heavy atom. The molecule has 3 nitrogen and oxygen atoms in total. The maximum atomic E-state index is 9.12. The van der Waals surface area contributed by atoms with Crippen molar-refractivity contribution in [2.75, 3.05) is 6.61 Å². The number of rotatable bonds is 4. The molecule has 0 amide bonds. The minimum absolute atomic E-state index is 0.00682. The van der Waals surface area contributed by atoms with E-state index < -0.39 is 0 Å². The first-order valence-electron chi connectivity index (χ1n) is 6.53. The van der Waals surface area contributed by atoms with Gasteiger partial charge in [-0.15, -0.1) is 0 Å². The second-order valence-electron chi connectivity index (χ2n) is 4.75. The van der Waals surface area contributed by atoms with E-state index in [0.29, 0.717) is 18.2 Å². The van der Waals surface area contributed by atoms with E-state index in [1.165, 1.54) is 0 Å². The molecular weight excluding hydrogens is 276 g/mol. The predicted octanol–water partition coefficient (Wildman–Crippen LogP) is 3.35. The lowest BCUT2D eigenvalue weighted by molar-refractivity contribution is 0.276. The van der Waals surface area contributed by atoms with Crippen LogP contribution >= 0.6 is 11.6 Å². The van der Waals surface area contributed by atoms with Crippen LogP contribution in [-0.4, -0.2) is 11.7 Å². The van der Waals surface area contributed by atoms with Gasteiger partial charge in [0.1, 0.15) is 18.1 Å². The maximum absolute atomic E-state index is 9.12. The number of hydrogen-bond donors (Lipinski definition) is 1. The molecule has 104 valence electrons. The molecule has 0 saturated heterocycles. The lowest BCUT2D eigenvalue weighted by atomic mass is 10.1. The summed E-state index contributed by atoms with van der Waals surface area (Å²) in [5, 5.41) is 9.82. The summed E-state index contributed by atoms with van der Waals surface area (Å²) in [5.74, 6) is 1.62. The third-order valence-electron chi connectivity index (χ3n) is 3.30. The minimum atomic E-state index is 0.00682. The first-order chi connectivity index (χ1) is 9.76. The molecule has 1 heterocycles. The zero-order valence-corrected chi connectivity index (χ0v) is 11.7. The van der Waals surface area contributed by atoms with Gasteiger partial charge in [-0.25, -0.2) is 0 Å². The van der Waals surface area contributed by atoms with E-state index in [9.17, 15) is 0 Å². The molecular formula is C16H15ClO3. The van der Waals surface area contributed by atoms with E-state index in [1.54, 1.807) is 0 Å². The van der Waals surface area contributed by atoms with E-state index in [0.717, 1.165) is 34.6 Å². The van der Waals surface area contributed by atoms with E-state index in [1.807, 2.05) is 36.4 Å². The second kappa shape index (κ2) is 5.73. The SMILES string of the molecule is OCc1cccc(OCc2cc(Cl)cc3c2OCC3)c1. The Kier molecular flexibility index (Phi) is 3.81. The van der Waals surface area contributed by atoms with Crippen LogP contribution < -0.4 is 9.47 Å². The lowest BCUT2D eigenvalue weighted by Crippen LogP contribution is -1.99. The largest absolute Gasteiger partial charge is 0.493 e. The fraction of sp³-hybridized carbons (Fsp3) is 0.250. The molecule has 20 heavy (non-hydrogen) atoms. The molecule has 1 aliphatic rings. The molecule has 0 atom stereocenters. The van der Waals surface area contributed by atoms with Gasteiger partial charge in [-0.1, -0.05) is 23.7 Å². The van der Waals surface area contributed by atoms with Crippen molar-refractivity contribution < 1.29 is 14.6 Å². The molecule has 0 fully saturated rings. The monoisotopic (exact) mass is 290 g/mol. The van der Waals surface area contributed by atoms with Gasteiger partial charge >= 0.3 is 0 Å². The van der Waals surface area contributed by atoms with Crippen molar-refractivity contribution in [3.63, 3.8) is 0 Å². The van der Waals surface area contributed by atoms with Gasteiger partial charge in [0, 0.05) is 17.0 Å². The quantitative estimate of drug-likeness (QED) is 0.938. The summed E-state index contributed by atoms with van der Waals surface area (Å²) in [6, 6.07) is 11.2. The zero-order valence-electron chi connectivity index (χ0n) is 10.9. The zero-order chi connectivity index (χ0) is 13.9. The third-order valence-corrected chi connectivity index (χ3v) is 3.52. The van der Waals surface area contributed by atoms with E-state index in [2.05, 4.69) is 0 Å². The molecule has 1 aliphatic heterocycles. The fourth-order valence-electron chi connectivity index (χ4n) is 2.35. The van der Waals surface area contributed by atoms with Gasteiger partial charge in [0.15, 0.2) is 0 Å². The Hall–Kier alpha value is -1.71. The summed E-state index contributed by atoms with van der Waals surface area (Å²) in [4.78, 5) is 0. The first kappa shape index (κ1) is 13.3. The van der Waals surface area contributed by atoms with Crippen LogP contribution in [0.25, 0.3) is 0 Å². The molecule has 0 saturated carbocycles. The van der Waals surface area contributed by atoms with Crippen LogP contribution in [0.1, 0.15) is 16.7 Å². The van der Waals surface area contributed by atoms with Crippen LogP contribution in [0.2, 0.25) is 5.02 Å². The summed E-state index contributed by atoms with van der Waals surface area (Å²) in [7, 11) is 0. The van der Waals surface area contributed by atoms with Crippen molar-refractivity contribution in [2.24, 2.45) is 0 Å². The molecule has 2 aromatic rings. The summed E-state index contributed by atoms with van der Waals surface area (Å²) < 4.78 is 11.4. The Balaban J connectivity index is 1.78. The highest BCUT2D eigenvalue weighted by atomic mass is 35.5. The van der Waals surface area contributed by atoms with Crippen molar-refractivity contribution in [3.05, 3.63) is 58.1 Å². The van der Waals surface area contributed by atoms with Gasteiger partial charge in [-0.05, 0) is 35.4 Å². The summed E-state index contributed by atoms with van der Waals surface area (Å²) in [6.07, 6.45) is 0.892. The predicted molar refractivity (Wildman–Crippen MR) is 77.3 cm³/mol. The number of hydrogen-bond acceptors (Lipinski definition) is 3. The normalized spacial score (nSPS) is 12.9. The topological polar surface area (TPSA) is 38.7 Å². The Morgan fingerprint density at radius 1 is 1.25 bits per heavy atom. The molecule has 0 aromatic heterocycles. The van der Waals surface area contributed by atoms with E-state index in [4.69, 9.17) is 26.2 Å². The average molecular weight is 291 g/mol. The molecule has 4 heteroatoms. The van der Waals surface area contributed by atoms with Crippen molar-refractivity contribution in [1.29, 1.82) is 0 Å². The van der Waals surface area contributed by atoms with Crippen LogP contribution in [0.5, 0.6) is 11.5 Å². The average Bonchev–Trinajstić information content (AvgIpc) is 2.93. The van der Waals surface area contributed by atoms with Crippen LogP contribution in [0.3, 0.4) is 0 Å². The molecule has 0 spiro atoms. The summed E-state index contributed by atoms with van der Waals surface area (Å²) in [5.41, 5.74) is 2.93. The van der Waals surface area contributed by atoms with Crippen molar-refractivity contribution >= 4 is 11.6 Å². The highest BCUT2D eigenvalue weighted by Crippen LogP contribution is 2.33. The van der Waals surface area contributed by atoms with E-state index in [-0.39, 0.29) is 6.61 Å². The molecule has 0 bridgehead atoms. The van der Waals surface area contributed by atoms with Crippen LogP contribution in [0, 0.1) is 0 Å². The van der Waals surface area contributed by atoms with Crippen LogP contribution in [-0.2, 0) is 19.6 Å². The lowest BCUT2D eigenvalue weighted by Gasteiger charge is -2.11. The summed E-state index contributed by atoms with van der Waals surface area (Å²) in [6.45, 7) is 1.10. The standard InChI is InChI=1S/C16H15ClO3/c17-14-7-12-4-5-19-16(12)13(8-14)10-20-15-3-1-2-11(6-15)9-18/h1-3,6-8,18H,4-5,9-10H2. The van der Waals surface area contributed by atoms with Crippen LogP contribution in [0.4, 0.5) is 0 Å². The van der Waals surface area contributed by atoms with Crippen molar-refractivity contribution in [2.45, 2.75) is 19.6 Å². The Bertz CT molecular complexity index is 625. The van der Waals surface area contributed by atoms with Crippen molar-refractivity contribution in [1.82, 2.24) is 0 Å². The first-order valence-corrected chi connectivity index (χ1v) is 6.91. The number of benzene rings is 2. The van der Waals surface area contributed by atoms with Gasteiger partial charge in [0.25, 0.3) is 0 Å². The molecule has 0 unspecified atom stereocenters. The van der Waals surface area contributed by atoms with Gasteiger partial charge < -0.3 is 14.6 Å². The molecule has 2 aromatic carbocycles. The van der Waals surface area contributed by atoms with E-state index >= 15 is 0 Å². The summed E-state index contributed by atoms with van der Waals surface area (Å²) >= 11 is 6.11. The van der Waals surface area contributed by atoms with Crippen molar-refractivity contribution in [3.8, 4) is 11.5 Å². The maximum Gasteiger partial charge on any atom is 0.129 e. The third kappa shape index (κ3) is 2.74. The number of fused-ring (bicyclic) bond motifs is 1. The Morgan fingerprint density at radius 2 is 2.15 bits per heavy atom. The molecule has 3 rings (SSSR count). The van der Waals surface area contributed by atoms with Crippen LogP contribution in [0.15, 0.2) is 36.4 Å². The highest BCUT2D eigenvalue weighted by molar-refractivity contribution is 6.30. The molecule has 0 radical (unpaired) electrons. The highest BCUT2D eigenvalue weighted by Gasteiger charge is 2.17. The Labute approximate surface area is 122 Å². The fourth-order valence-corrected chi connectivity index (χ4v) is 2.61. The number of aliphatic hydroxyl groups excluding tert-OH is 1. The molecule has 0 aliphatic carbocycles. The van der Waals surface area contributed by atoms with Gasteiger partial charge in [0.2, 0.25) is 0 Å². The number of halogens is 1. The minimum Gasteiger partial charge on any atom is -0.493 e. The number of ether oxygens (including phenoxy) is 2. The molecule has 1 N–H and O–H groups in total. The number of aliphatic hydroxyl groups is 1. The van der Waals surface area contributed by atoms with Gasteiger partial charge in [0.05, 0.1) is 13.2 Å². The van der Waals surface area contributed by atoms with Gasteiger partial charge in [-0.3, -0.25) is 0 Å². The smallest absolute Gasteiger partial charge is 0.129 e. The second-order valence-corrected chi connectivity index (χ2v) is 5.18.